The maximum Gasteiger partial charge on any atom is 0.418 e. The van der Waals surface area contributed by atoms with Crippen molar-refractivity contribution in [2.24, 2.45) is 0 Å². The Morgan fingerprint density at radius 1 is 1.32 bits per heavy atom. The third-order valence-electron chi connectivity index (χ3n) is 2.34. The van der Waals surface area contributed by atoms with Gasteiger partial charge in [0.05, 0.1) is 11.1 Å². The summed E-state index contributed by atoms with van der Waals surface area (Å²) in [6, 6.07) is 3.39. The monoisotopic (exact) mass is 290 g/mol. The smallest absolute Gasteiger partial charge is 0.418 e. The van der Waals surface area contributed by atoms with Crippen LogP contribution < -0.4 is 0 Å². The van der Waals surface area contributed by atoms with E-state index < -0.39 is 29.6 Å². The van der Waals surface area contributed by atoms with E-state index in [1.807, 2.05) is 0 Å². The van der Waals surface area contributed by atoms with Crippen molar-refractivity contribution in [1.29, 1.82) is 0 Å². The first kappa shape index (κ1) is 13.5. The van der Waals surface area contributed by atoms with Crippen LogP contribution in [0.15, 0.2) is 18.2 Å². The molecule has 100 valence electrons. The van der Waals surface area contributed by atoms with Gasteiger partial charge in [-0.3, -0.25) is 4.79 Å². The highest BCUT2D eigenvalue weighted by Gasteiger charge is 2.33. The second-order valence-corrected chi connectivity index (χ2v) is 4.06. The standard InChI is InChI=1S/C11H6ClF3N2O2/c12-10-5-2-1-3-6(11(13,14)15)9(5)16-7(17-10)4-8(18)19/h1-3H,4H2,(H,18,19). The molecule has 0 spiro atoms. The van der Waals surface area contributed by atoms with E-state index in [1.54, 1.807) is 0 Å². The maximum absolute atomic E-state index is 12.8. The molecule has 0 aliphatic rings. The van der Waals surface area contributed by atoms with Gasteiger partial charge >= 0.3 is 12.1 Å². The van der Waals surface area contributed by atoms with Gasteiger partial charge in [-0.15, -0.1) is 0 Å². The number of carboxylic acids is 1. The average molecular weight is 291 g/mol. The fraction of sp³-hybridized carbons (Fsp3) is 0.182. The zero-order valence-corrected chi connectivity index (χ0v) is 9.96. The minimum atomic E-state index is -4.60. The van der Waals surface area contributed by atoms with Gasteiger partial charge in [-0.2, -0.15) is 13.2 Å². The lowest BCUT2D eigenvalue weighted by atomic mass is 10.1. The molecular weight excluding hydrogens is 285 g/mol. The summed E-state index contributed by atoms with van der Waals surface area (Å²) in [4.78, 5) is 17.9. The van der Waals surface area contributed by atoms with Crippen LogP contribution in [0.1, 0.15) is 11.4 Å². The Kier molecular flexibility index (Phi) is 3.32. The Morgan fingerprint density at radius 2 is 2.00 bits per heavy atom. The van der Waals surface area contributed by atoms with E-state index in [2.05, 4.69) is 9.97 Å². The first-order valence-corrected chi connectivity index (χ1v) is 5.41. The normalized spacial score (nSPS) is 11.8. The summed E-state index contributed by atoms with van der Waals surface area (Å²) in [7, 11) is 0. The van der Waals surface area contributed by atoms with E-state index in [4.69, 9.17) is 16.7 Å². The fourth-order valence-corrected chi connectivity index (χ4v) is 1.85. The molecule has 0 bridgehead atoms. The molecule has 1 aromatic carbocycles. The predicted molar refractivity (Wildman–Crippen MR) is 60.9 cm³/mol. The summed E-state index contributed by atoms with van der Waals surface area (Å²) in [5.41, 5.74) is -1.37. The van der Waals surface area contributed by atoms with Crippen LogP contribution in [0.25, 0.3) is 10.9 Å². The first-order valence-electron chi connectivity index (χ1n) is 5.03. The van der Waals surface area contributed by atoms with Crippen LogP contribution in [0.5, 0.6) is 0 Å². The molecule has 0 saturated heterocycles. The molecule has 2 aromatic rings. The van der Waals surface area contributed by atoms with Gasteiger partial charge in [0.25, 0.3) is 0 Å². The highest BCUT2D eigenvalue weighted by atomic mass is 35.5. The largest absolute Gasteiger partial charge is 0.481 e. The van der Waals surface area contributed by atoms with Gasteiger partial charge in [-0.25, -0.2) is 9.97 Å². The van der Waals surface area contributed by atoms with Crippen molar-refractivity contribution in [3.63, 3.8) is 0 Å². The number of benzene rings is 1. The van der Waals surface area contributed by atoms with E-state index in [0.717, 1.165) is 6.07 Å². The number of rotatable bonds is 2. The van der Waals surface area contributed by atoms with E-state index in [-0.39, 0.29) is 16.4 Å². The zero-order valence-electron chi connectivity index (χ0n) is 9.20. The lowest BCUT2D eigenvalue weighted by molar-refractivity contribution is -0.137. The molecule has 1 N–H and O–H groups in total. The first-order chi connectivity index (χ1) is 8.79. The molecule has 4 nitrogen and oxygen atoms in total. The maximum atomic E-state index is 12.8. The quantitative estimate of drug-likeness (QED) is 0.864. The lowest BCUT2D eigenvalue weighted by Gasteiger charge is -2.10. The number of halogens is 4. The molecule has 1 heterocycles. The summed E-state index contributed by atoms with van der Waals surface area (Å²) in [6.45, 7) is 0. The van der Waals surface area contributed by atoms with Crippen LogP contribution in [0.2, 0.25) is 5.15 Å². The van der Waals surface area contributed by atoms with Gasteiger partial charge in [0.2, 0.25) is 0 Å². The number of para-hydroxylation sites is 1. The Hall–Kier alpha value is -1.89. The van der Waals surface area contributed by atoms with Gasteiger partial charge in [-0.05, 0) is 12.1 Å². The number of nitrogens with zero attached hydrogens (tertiary/aromatic N) is 2. The van der Waals surface area contributed by atoms with Crippen molar-refractivity contribution in [2.45, 2.75) is 12.6 Å². The molecule has 0 saturated carbocycles. The van der Waals surface area contributed by atoms with E-state index >= 15 is 0 Å². The number of aliphatic carboxylic acids is 1. The second-order valence-electron chi connectivity index (χ2n) is 3.70. The van der Waals surface area contributed by atoms with Crippen LogP contribution in [0.4, 0.5) is 13.2 Å². The van der Waals surface area contributed by atoms with Crippen LogP contribution >= 0.6 is 11.6 Å². The Labute approximate surface area is 109 Å². The number of hydrogen-bond donors (Lipinski definition) is 1. The van der Waals surface area contributed by atoms with Gasteiger partial charge in [0.15, 0.2) is 0 Å². The molecule has 0 unspecified atom stereocenters. The Bertz CT molecular complexity index is 658. The highest BCUT2D eigenvalue weighted by Crippen LogP contribution is 2.35. The third kappa shape index (κ3) is 2.76. The summed E-state index contributed by atoms with van der Waals surface area (Å²) in [5.74, 6) is -1.51. The Morgan fingerprint density at radius 3 is 2.58 bits per heavy atom. The van der Waals surface area contributed by atoms with E-state index in [9.17, 15) is 18.0 Å². The van der Waals surface area contributed by atoms with Crippen LogP contribution in [0.3, 0.4) is 0 Å². The molecule has 0 amide bonds. The van der Waals surface area contributed by atoms with Gasteiger partial charge < -0.3 is 5.11 Å². The number of hydrogen-bond acceptors (Lipinski definition) is 3. The van der Waals surface area contributed by atoms with Crippen LogP contribution in [-0.2, 0) is 17.4 Å². The van der Waals surface area contributed by atoms with Crippen LogP contribution in [0, 0.1) is 0 Å². The van der Waals surface area contributed by atoms with E-state index in [0.29, 0.717) is 0 Å². The lowest BCUT2D eigenvalue weighted by Crippen LogP contribution is -2.10. The predicted octanol–water partition coefficient (Wildman–Crippen LogP) is 2.93. The zero-order chi connectivity index (χ0) is 14.2. The minimum Gasteiger partial charge on any atom is -0.481 e. The topological polar surface area (TPSA) is 63.1 Å². The second kappa shape index (κ2) is 4.65. The van der Waals surface area contributed by atoms with Crippen molar-refractivity contribution >= 4 is 28.5 Å². The third-order valence-corrected chi connectivity index (χ3v) is 2.63. The SMILES string of the molecule is O=C(O)Cc1nc(Cl)c2cccc(C(F)(F)F)c2n1. The molecule has 1 aromatic heterocycles. The number of carboxylic acid groups (broad SMARTS) is 1. The fourth-order valence-electron chi connectivity index (χ4n) is 1.60. The number of alkyl halides is 3. The Balaban J connectivity index is 2.72. The molecule has 2 rings (SSSR count). The van der Waals surface area contributed by atoms with E-state index in [1.165, 1.54) is 12.1 Å². The van der Waals surface area contributed by atoms with Gasteiger partial charge in [0, 0.05) is 5.39 Å². The average Bonchev–Trinajstić information content (AvgIpc) is 2.26. The van der Waals surface area contributed by atoms with Crippen LogP contribution in [-0.4, -0.2) is 21.0 Å². The minimum absolute atomic E-state index is 0.0330. The molecule has 0 fully saturated rings. The molecule has 0 aliphatic carbocycles. The molecular formula is C11H6ClF3N2O2. The highest BCUT2D eigenvalue weighted by molar-refractivity contribution is 6.34. The molecule has 19 heavy (non-hydrogen) atoms. The van der Waals surface area contributed by atoms with Crippen molar-refractivity contribution in [3.8, 4) is 0 Å². The summed E-state index contributed by atoms with van der Waals surface area (Å²) >= 11 is 5.76. The summed E-state index contributed by atoms with van der Waals surface area (Å²) in [6.07, 6.45) is -5.19. The molecule has 0 atom stereocenters. The molecule has 8 heteroatoms. The van der Waals surface area contributed by atoms with Crippen molar-refractivity contribution in [3.05, 3.63) is 34.7 Å². The summed E-state index contributed by atoms with van der Waals surface area (Å²) in [5, 5.41) is 8.45. The van der Waals surface area contributed by atoms with Crippen molar-refractivity contribution < 1.29 is 23.1 Å². The van der Waals surface area contributed by atoms with Crippen molar-refractivity contribution in [2.75, 3.05) is 0 Å². The summed E-state index contributed by atoms with van der Waals surface area (Å²) < 4.78 is 38.5. The van der Waals surface area contributed by atoms with Gasteiger partial charge in [0.1, 0.15) is 17.4 Å². The molecule has 0 aliphatic heterocycles. The molecule has 0 radical (unpaired) electrons. The van der Waals surface area contributed by atoms with Crippen molar-refractivity contribution in [1.82, 2.24) is 9.97 Å². The number of fused-ring (bicyclic) bond motifs is 1. The van der Waals surface area contributed by atoms with Gasteiger partial charge in [-0.1, -0.05) is 17.7 Å². The number of carbonyl (C=O) groups is 1. The number of aromatic nitrogens is 2.